The molecule has 1 saturated heterocycles. The smallest absolute Gasteiger partial charge is 0.335 e. The number of carbonyl (C=O) groups is 1. The molecule has 0 spiro atoms. The monoisotopic (exact) mass is 254 g/mol. The van der Waals surface area contributed by atoms with E-state index in [1.165, 1.54) is 12.1 Å². The molecule has 0 aromatic heterocycles. The third kappa shape index (κ3) is 3.43. The first-order valence-corrected chi connectivity index (χ1v) is 5.93. The third-order valence-corrected chi connectivity index (χ3v) is 2.85. The number of hydrogen-bond acceptors (Lipinski definition) is 3. The van der Waals surface area contributed by atoms with Gasteiger partial charge in [-0.1, -0.05) is 0 Å². The Labute approximate surface area is 104 Å². The van der Waals surface area contributed by atoms with Crippen LogP contribution in [0.3, 0.4) is 0 Å². The van der Waals surface area contributed by atoms with Gasteiger partial charge in [-0.15, -0.1) is 0 Å². The molecule has 0 radical (unpaired) electrons. The van der Waals surface area contributed by atoms with Crippen LogP contribution in [0.5, 0.6) is 5.75 Å². The molecule has 0 saturated carbocycles. The van der Waals surface area contributed by atoms with Crippen LogP contribution >= 0.6 is 0 Å². The summed E-state index contributed by atoms with van der Waals surface area (Å²) in [6.45, 7) is 1.18. The van der Waals surface area contributed by atoms with E-state index in [1.807, 2.05) is 0 Å². The SMILES string of the molecule is O=C(O)c1cc(F)cc(OCCC2CCCO2)c1. The van der Waals surface area contributed by atoms with Crippen molar-refractivity contribution in [2.45, 2.75) is 25.4 Å². The van der Waals surface area contributed by atoms with Crippen molar-refractivity contribution in [3.63, 3.8) is 0 Å². The Morgan fingerprint density at radius 3 is 3.00 bits per heavy atom. The van der Waals surface area contributed by atoms with Gasteiger partial charge in [0.15, 0.2) is 0 Å². The summed E-state index contributed by atoms with van der Waals surface area (Å²) in [5, 5.41) is 8.79. The number of rotatable bonds is 5. The van der Waals surface area contributed by atoms with Crippen molar-refractivity contribution in [2.75, 3.05) is 13.2 Å². The molecular weight excluding hydrogens is 239 g/mol. The van der Waals surface area contributed by atoms with E-state index in [2.05, 4.69) is 0 Å². The molecule has 1 aromatic carbocycles. The lowest BCUT2D eigenvalue weighted by Crippen LogP contribution is -2.11. The number of aromatic carboxylic acids is 1. The fraction of sp³-hybridized carbons (Fsp3) is 0.462. The lowest BCUT2D eigenvalue weighted by molar-refractivity contribution is 0.0694. The molecule has 1 aliphatic rings. The van der Waals surface area contributed by atoms with E-state index in [-0.39, 0.29) is 17.4 Å². The highest BCUT2D eigenvalue weighted by atomic mass is 19.1. The molecule has 1 atom stereocenters. The predicted octanol–water partition coefficient (Wildman–Crippen LogP) is 2.47. The molecule has 2 rings (SSSR count). The number of hydrogen-bond donors (Lipinski definition) is 1. The Balaban J connectivity index is 1.89. The molecule has 18 heavy (non-hydrogen) atoms. The lowest BCUT2D eigenvalue weighted by atomic mass is 10.2. The van der Waals surface area contributed by atoms with Crippen LogP contribution in [-0.2, 0) is 4.74 Å². The molecule has 0 amide bonds. The topological polar surface area (TPSA) is 55.8 Å². The van der Waals surface area contributed by atoms with Crippen LogP contribution in [-0.4, -0.2) is 30.4 Å². The summed E-state index contributed by atoms with van der Waals surface area (Å²) in [4.78, 5) is 10.7. The third-order valence-electron chi connectivity index (χ3n) is 2.85. The van der Waals surface area contributed by atoms with Gasteiger partial charge in [-0.3, -0.25) is 0 Å². The summed E-state index contributed by atoms with van der Waals surface area (Å²) in [6, 6.07) is 3.47. The minimum absolute atomic E-state index is 0.109. The van der Waals surface area contributed by atoms with Crippen molar-refractivity contribution in [1.29, 1.82) is 0 Å². The van der Waals surface area contributed by atoms with Crippen LogP contribution in [0, 0.1) is 5.82 Å². The zero-order valence-corrected chi connectivity index (χ0v) is 9.89. The van der Waals surface area contributed by atoms with Gasteiger partial charge in [0.05, 0.1) is 18.3 Å². The molecule has 4 nitrogen and oxygen atoms in total. The highest BCUT2D eigenvalue weighted by molar-refractivity contribution is 5.88. The molecule has 1 N–H and O–H groups in total. The van der Waals surface area contributed by atoms with E-state index in [4.69, 9.17) is 14.6 Å². The molecule has 1 heterocycles. The quantitative estimate of drug-likeness (QED) is 0.877. The summed E-state index contributed by atoms with van der Waals surface area (Å²) in [5.74, 6) is -1.54. The maximum absolute atomic E-state index is 13.1. The molecule has 1 aromatic rings. The zero-order chi connectivity index (χ0) is 13.0. The average Bonchev–Trinajstić information content (AvgIpc) is 2.81. The van der Waals surface area contributed by atoms with Crippen molar-refractivity contribution in [3.8, 4) is 5.75 Å². The highest BCUT2D eigenvalue weighted by Gasteiger charge is 2.15. The maximum Gasteiger partial charge on any atom is 0.335 e. The van der Waals surface area contributed by atoms with Gasteiger partial charge >= 0.3 is 5.97 Å². The second-order valence-corrected chi connectivity index (χ2v) is 4.25. The Morgan fingerprint density at radius 2 is 2.33 bits per heavy atom. The van der Waals surface area contributed by atoms with E-state index in [0.717, 1.165) is 31.9 Å². The normalized spacial score (nSPS) is 18.8. The summed E-state index contributed by atoms with van der Waals surface area (Å²) in [7, 11) is 0. The van der Waals surface area contributed by atoms with E-state index in [9.17, 15) is 9.18 Å². The molecule has 0 aliphatic carbocycles. The summed E-state index contributed by atoms with van der Waals surface area (Å²) in [6.07, 6.45) is 3.03. The zero-order valence-electron chi connectivity index (χ0n) is 9.89. The van der Waals surface area contributed by atoms with Crippen molar-refractivity contribution >= 4 is 5.97 Å². The Bertz CT molecular complexity index is 427. The van der Waals surface area contributed by atoms with Gasteiger partial charge in [0.25, 0.3) is 0 Å². The van der Waals surface area contributed by atoms with Crippen molar-refractivity contribution in [3.05, 3.63) is 29.6 Å². The van der Waals surface area contributed by atoms with Crippen LogP contribution < -0.4 is 4.74 Å². The summed E-state index contributed by atoms with van der Waals surface area (Å²) in [5.41, 5.74) is -0.109. The summed E-state index contributed by atoms with van der Waals surface area (Å²) >= 11 is 0. The summed E-state index contributed by atoms with van der Waals surface area (Å²) < 4.78 is 23.9. The van der Waals surface area contributed by atoms with Crippen molar-refractivity contribution in [2.24, 2.45) is 0 Å². The number of carboxylic acids is 1. The molecule has 1 fully saturated rings. The Kier molecular flexibility index (Phi) is 4.15. The Hall–Kier alpha value is -1.62. The minimum Gasteiger partial charge on any atom is -0.493 e. The molecule has 1 unspecified atom stereocenters. The molecule has 1 aliphatic heterocycles. The van der Waals surface area contributed by atoms with Crippen LogP contribution in [0.25, 0.3) is 0 Å². The number of carboxylic acid groups (broad SMARTS) is 1. The minimum atomic E-state index is -1.17. The average molecular weight is 254 g/mol. The van der Waals surface area contributed by atoms with Crippen LogP contribution in [0.15, 0.2) is 18.2 Å². The van der Waals surface area contributed by atoms with Crippen molar-refractivity contribution < 1.29 is 23.8 Å². The van der Waals surface area contributed by atoms with E-state index in [1.54, 1.807) is 0 Å². The van der Waals surface area contributed by atoms with Crippen LogP contribution in [0.1, 0.15) is 29.6 Å². The van der Waals surface area contributed by atoms with Gasteiger partial charge in [0.1, 0.15) is 11.6 Å². The van der Waals surface area contributed by atoms with E-state index in [0.29, 0.717) is 6.61 Å². The largest absolute Gasteiger partial charge is 0.493 e. The lowest BCUT2D eigenvalue weighted by Gasteiger charge is -2.11. The standard InChI is InChI=1S/C13H15FO4/c14-10-6-9(13(15)16)7-12(8-10)18-5-3-11-2-1-4-17-11/h6-8,11H,1-5H2,(H,15,16). The first-order chi connectivity index (χ1) is 8.65. The second kappa shape index (κ2) is 5.82. The predicted molar refractivity (Wildman–Crippen MR) is 62.4 cm³/mol. The van der Waals surface area contributed by atoms with Gasteiger partial charge < -0.3 is 14.6 Å². The van der Waals surface area contributed by atoms with E-state index < -0.39 is 11.8 Å². The second-order valence-electron chi connectivity index (χ2n) is 4.25. The van der Waals surface area contributed by atoms with Gasteiger partial charge in [0, 0.05) is 19.1 Å². The van der Waals surface area contributed by atoms with E-state index >= 15 is 0 Å². The van der Waals surface area contributed by atoms with Gasteiger partial charge in [0.2, 0.25) is 0 Å². The maximum atomic E-state index is 13.1. The first kappa shape index (κ1) is 12.8. The van der Waals surface area contributed by atoms with Gasteiger partial charge in [-0.2, -0.15) is 0 Å². The number of ether oxygens (including phenoxy) is 2. The molecule has 5 heteroatoms. The van der Waals surface area contributed by atoms with Crippen molar-refractivity contribution in [1.82, 2.24) is 0 Å². The number of halogens is 1. The molecule has 98 valence electrons. The molecule has 0 bridgehead atoms. The fourth-order valence-corrected chi connectivity index (χ4v) is 1.95. The van der Waals surface area contributed by atoms with Gasteiger partial charge in [-0.25, -0.2) is 9.18 Å². The fourth-order valence-electron chi connectivity index (χ4n) is 1.95. The van der Waals surface area contributed by atoms with Gasteiger partial charge in [-0.05, 0) is 25.0 Å². The number of benzene rings is 1. The molecular formula is C13H15FO4. The van der Waals surface area contributed by atoms with Crippen LogP contribution in [0.2, 0.25) is 0 Å². The first-order valence-electron chi connectivity index (χ1n) is 5.93. The Morgan fingerprint density at radius 1 is 1.50 bits per heavy atom. The van der Waals surface area contributed by atoms with Crippen LogP contribution in [0.4, 0.5) is 4.39 Å². The highest BCUT2D eigenvalue weighted by Crippen LogP contribution is 2.19.